The number of hydrogen-bond donors (Lipinski definition) is 3. The molecule has 21 heavy (non-hydrogen) atoms. The minimum absolute atomic E-state index is 0.516. The maximum absolute atomic E-state index is 9.45. The van der Waals surface area contributed by atoms with Crippen LogP contribution in [0.2, 0.25) is 0 Å². The summed E-state index contributed by atoms with van der Waals surface area (Å²) in [5.41, 5.74) is 1.67. The summed E-state index contributed by atoms with van der Waals surface area (Å²) in [6, 6.07) is 0. The Bertz CT molecular complexity index is 365. The summed E-state index contributed by atoms with van der Waals surface area (Å²) in [6.07, 6.45) is 3.95. The fourth-order valence-corrected chi connectivity index (χ4v) is 6.65. The summed E-state index contributed by atoms with van der Waals surface area (Å²) in [5.74, 6) is 0. The maximum atomic E-state index is 9.45. The fourth-order valence-electron chi connectivity index (χ4n) is 2.54. The third-order valence-electron chi connectivity index (χ3n) is 3.49. The van der Waals surface area contributed by atoms with Crippen molar-refractivity contribution in [3.63, 3.8) is 0 Å². The molecule has 6 nitrogen and oxygen atoms in total. The lowest BCUT2D eigenvalue weighted by molar-refractivity contribution is 0.316. The first-order valence-electron chi connectivity index (χ1n) is 7.40. The minimum atomic E-state index is -2.96. The molecule has 120 valence electrons. The Morgan fingerprint density at radius 3 is 1.24 bits per heavy atom. The van der Waals surface area contributed by atoms with Gasteiger partial charge in [0.05, 0.1) is 16.0 Å². The van der Waals surface area contributed by atoms with Gasteiger partial charge in [0.2, 0.25) is 8.07 Å². The zero-order valence-electron chi connectivity index (χ0n) is 13.2. The first-order chi connectivity index (χ1) is 10.1. The number of nitrogens with zero attached hydrogens (tertiary/aromatic N) is 3. The van der Waals surface area contributed by atoms with E-state index >= 15 is 0 Å². The number of rotatable bonds is 10. The van der Waals surface area contributed by atoms with Gasteiger partial charge in [0.15, 0.2) is 0 Å². The molecule has 3 N–H and O–H groups in total. The van der Waals surface area contributed by atoms with Gasteiger partial charge in [0, 0.05) is 0 Å². The Morgan fingerprint density at radius 1 is 0.810 bits per heavy atom. The van der Waals surface area contributed by atoms with Crippen LogP contribution in [0.5, 0.6) is 0 Å². The zero-order valence-corrected chi connectivity index (χ0v) is 14.2. The zero-order chi connectivity index (χ0) is 16.3. The normalized spacial score (nSPS) is 16.6. The van der Waals surface area contributed by atoms with Gasteiger partial charge in [-0.05, 0) is 19.3 Å². The van der Waals surface area contributed by atoms with E-state index in [-0.39, 0.29) is 0 Å². The lowest BCUT2D eigenvalue weighted by Crippen LogP contribution is -2.58. The monoisotopic (exact) mass is 313 g/mol. The Labute approximate surface area is 127 Å². The standard InChI is InChI=1S/C14H27N3O3Si/c1-5-9-12(15-18)21(8-4,13(16-19)10-6-2)14(17-20)11-7-3/h8,18-20H,4-7,9-11H2,1-3H3. The van der Waals surface area contributed by atoms with Crippen LogP contribution in [0.1, 0.15) is 59.3 Å². The first kappa shape index (κ1) is 19.4. The van der Waals surface area contributed by atoms with Crippen LogP contribution in [0.15, 0.2) is 27.7 Å². The van der Waals surface area contributed by atoms with E-state index in [2.05, 4.69) is 22.0 Å². The van der Waals surface area contributed by atoms with Crippen molar-refractivity contribution in [2.75, 3.05) is 0 Å². The van der Waals surface area contributed by atoms with E-state index in [0.717, 1.165) is 19.3 Å². The molecule has 0 saturated carbocycles. The Kier molecular flexibility index (Phi) is 9.36. The molecule has 7 heteroatoms. The molecule has 0 rings (SSSR count). The predicted molar refractivity (Wildman–Crippen MR) is 88.3 cm³/mol. The molecule has 0 aromatic heterocycles. The molecule has 0 aromatic rings. The van der Waals surface area contributed by atoms with Crippen LogP contribution >= 0.6 is 0 Å². The molecule has 0 aliphatic carbocycles. The highest BCUT2D eigenvalue weighted by molar-refractivity contribution is 7.44. The van der Waals surface area contributed by atoms with E-state index < -0.39 is 8.07 Å². The third-order valence-corrected chi connectivity index (χ3v) is 7.89. The summed E-state index contributed by atoms with van der Waals surface area (Å²) in [6.45, 7) is 9.78. The van der Waals surface area contributed by atoms with Crippen LogP contribution in [-0.4, -0.2) is 39.7 Å². The molecule has 0 amide bonds. The van der Waals surface area contributed by atoms with Gasteiger partial charge in [-0.1, -0.05) is 45.7 Å². The first-order valence-corrected chi connectivity index (χ1v) is 9.48. The molecule has 0 aliphatic heterocycles. The SMILES string of the molecule is C=C[Si](C(CCC)=NO)(C(CCC)=NO)C(CCC)=NO. The van der Waals surface area contributed by atoms with E-state index in [4.69, 9.17) is 0 Å². The van der Waals surface area contributed by atoms with Gasteiger partial charge < -0.3 is 15.6 Å². The lowest BCUT2D eigenvalue weighted by atomic mass is 10.3. The third kappa shape index (κ3) is 4.17. The highest BCUT2D eigenvalue weighted by atomic mass is 28.3. The van der Waals surface area contributed by atoms with Crippen molar-refractivity contribution in [3.05, 3.63) is 12.3 Å². The predicted octanol–water partition coefficient (Wildman–Crippen LogP) is 3.67. The molecule has 0 unspecified atom stereocenters. The van der Waals surface area contributed by atoms with Crippen LogP contribution in [0.3, 0.4) is 0 Å². The quantitative estimate of drug-likeness (QED) is 0.248. The highest BCUT2D eigenvalue weighted by Gasteiger charge is 2.46. The Hall–Kier alpha value is -1.63. The van der Waals surface area contributed by atoms with Crippen LogP contribution in [0.4, 0.5) is 0 Å². The molecule has 0 saturated heterocycles. The van der Waals surface area contributed by atoms with E-state index in [1.807, 2.05) is 20.8 Å². The molecule has 0 aromatic carbocycles. The van der Waals surface area contributed by atoms with Crippen molar-refractivity contribution in [1.29, 1.82) is 0 Å². The van der Waals surface area contributed by atoms with Crippen LogP contribution in [-0.2, 0) is 0 Å². The highest BCUT2D eigenvalue weighted by Crippen LogP contribution is 2.22. The van der Waals surface area contributed by atoms with E-state index in [1.54, 1.807) is 5.70 Å². The van der Waals surface area contributed by atoms with Crippen molar-refractivity contribution in [2.24, 2.45) is 15.5 Å². The van der Waals surface area contributed by atoms with Gasteiger partial charge in [-0.15, -0.1) is 22.0 Å². The van der Waals surface area contributed by atoms with Crippen LogP contribution in [0, 0.1) is 0 Å². The molecule has 0 atom stereocenters. The molecular weight excluding hydrogens is 286 g/mol. The largest absolute Gasteiger partial charge is 0.411 e. The fraction of sp³-hybridized carbons (Fsp3) is 0.643. The summed E-state index contributed by atoms with van der Waals surface area (Å²) in [7, 11) is -2.96. The molecule has 0 radical (unpaired) electrons. The molecule has 0 heterocycles. The van der Waals surface area contributed by atoms with Gasteiger partial charge in [-0.2, -0.15) is 0 Å². The van der Waals surface area contributed by atoms with Crippen molar-refractivity contribution in [2.45, 2.75) is 59.3 Å². The van der Waals surface area contributed by atoms with Gasteiger partial charge in [0.1, 0.15) is 0 Å². The molecular formula is C14H27N3O3Si. The van der Waals surface area contributed by atoms with Gasteiger partial charge in [-0.3, -0.25) is 0 Å². The Balaban J connectivity index is 6.21. The number of oxime groups is 3. The molecule has 0 bridgehead atoms. The summed E-state index contributed by atoms with van der Waals surface area (Å²) in [4.78, 5) is 0. The minimum Gasteiger partial charge on any atom is -0.411 e. The van der Waals surface area contributed by atoms with E-state index in [9.17, 15) is 15.6 Å². The summed E-state index contributed by atoms with van der Waals surface area (Å²) >= 11 is 0. The van der Waals surface area contributed by atoms with Crippen LogP contribution in [0.25, 0.3) is 0 Å². The van der Waals surface area contributed by atoms with Gasteiger partial charge in [-0.25, -0.2) is 0 Å². The number of hydrogen-bond acceptors (Lipinski definition) is 6. The second-order valence-electron chi connectivity index (χ2n) is 4.90. The van der Waals surface area contributed by atoms with Crippen molar-refractivity contribution in [3.8, 4) is 0 Å². The molecule has 0 fully saturated rings. The van der Waals surface area contributed by atoms with E-state index in [1.165, 1.54) is 0 Å². The Morgan fingerprint density at radius 2 is 1.10 bits per heavy atom. The molecule has 0 spiro atoms. The lowest BCUT2D eigenvalue weighted by Gasteiger charge is -2.30. The van der Waals surface area contributed by atoms with E-state index in [0.29, 0.717) is 35.3 Å². The van der Waals surface area contributed by atoms with Crippen molar-refractivity contribution in [1.82, 2.24) is 0 Å². The van der Waals surface area contributed by atoms with Crippen molar-refractivity contribution >= 4 is 24.1 Å². The summed E-state index contributed by atoms with van der Waals surface area (Å²) in [5, 5.41) is 40.2. The maximum Gasteiger partial charge on any atom is 0.233 e. The van der Waals surface area contributed by atoms with Gasteiger partial charge >= 0.3 is 0 Å². The smallest absolute Gasteiger partial charge is 0.233 e. The molecule has 0 aliphatic rings. The topological polar surface area (TPSA) is 97.8 Å². The second kappa shape index (κ2) is 10.1. The second-order valence-corrected chi connectivity index (χ2v) is 8.66. The average Bonchev–Trinajstić information content (AvgIpc) is 2.52. The average molecular weight is 313 g/mol. The van der Waals surface area contributed by atoms with Crippen LogP contribution < -0.4 is 0 Å². The van der Waals surface area contributed by atoms with Crippen molar-refractivity contribution < 1.29 is 15.6 Å². The van der Waals surface area contributed by atoms with Gasteiger partial charge in [0.25, 0.3) is 0 Å². The summed E-state index contributed by atoms with van der Waals surface area (Å²) < 4.78 is 0.